The Morgan fingerprint density at radius 2 is 1.93 bits per heavy atom. The molecule has 0 aliphatic rings. The highest BCUT2D eigenvalue weighted by molar-refractivity contribution is 6.34. The number of carbonyl (C=O) groups excluding carboxylic acids is 2. The molecule has 2 amide bonds. The van der Waals surface area contributed by atoms with E-state index in [9.17, 15) is 14.0 Å². The van der Waals surface area contributed by atoms with E-state index in [1.807, 2.05) is 0 Å². The maximum atomic E-state index is 13.2. The number of nitrogens with one attached hydrogen (secondary N) is 2. The van der Waals surface area contributed by atoms with E-state index in [1.165, 1.54) is 36.0 Å². The lowest BCUT2D eigenvalue weighted by Crippen LogP contribution is -2.29. The van der Waals surface area contributed by atoms with Gasteiger partial charge in [0.25, 0.3) is 5.91 Å². The number of benzene rings is 2. The third-order valence-electron chi connectivity index (χ3n) is 4.30. The summed E-state index contributed by atoms with van der Waals surface area (Å²) >= 11 is 6.06. The van der Waals surface area contributed by atoms with E-state index in [2.05, 4.69) is 26.2 Å². The van der Waals surface area contributed by atoms with Gasteiger partial charge in [0.2, 0.25) is 5.91 Å². The number of aromatic nitrogens is 4. The van der Waals surface area contributed by atoms with Gasteiger partial charge in [0.05, 0.1) is 10.6 Å². The zero-order valence-corrected chi connectivity index (χ0v) is 16.4. The summed E-state index contributed by atoms with van der Waals surface area (Å²) in [5.74, 6) is -0.675. The SMILES string of the molecule is CNC(=O)c1cc(NC(=O)C(Cc2ccc(F)cc2)n2nnnc2C)ccc1Cl. The van der Waals surface area contributed by atoms with Crippen molar-refractivity contribution < 1.29 is 14.0 Å². The Kier molecular flexibility index (Phi) is 6.18. The van der Waals surface area contributed by atoms with Crippen molar-refractivity contribution in [1.82, 2.24) is 25.5 Å². The monoisotopic (exact) mass is 416 g/mol. The number of halogens is 2. The topological polar surface area (TPSA) is 102 Å². The molecular formula is C19H18ClFN6O2. The molecule has 150 valence electrons. The molecule has 0 fully saturated rings. The molecule has 2 N–H and O–H groups in total. The van der Waals surface area contributed by atoms with E-state index in [1.54, 1.807) is 25.1 Å². The molecule has 0 bridgehead atoms. The van der Waals surface area contributed by atoms with Crippen LogP contribution in [0.5, 0.6) is 0 Å². The second kappa shape index (κ2) is 8.78. The van der Waals surface area contributed by atoms with Gasteiger partial charge in [-0.15, -0.1) is 5.10 Å². The molecule has 0 aliphatic carbocycles. The number of tetrazole rings is 1. The second-order valence-corrected chi connectivity index (χ2v) is 6.69. The fourth-order valence-electron chi connectivity index (χ4n) is 2.80. The molecule has 1 unspecified atom stereocenters. The van der Waals surface area contributed by atoms with Gasteiger partial charge in [0.15, 0.2) is 0 Å². The molecule has 2 aromatic carbocycles. The Morgan fingerprint density at radius 1 is 1.21 bits per heavy atom. The van der Waals surface area contributed by atoms with Crippen LogP contribution in [0.4, 0.5) is 10.1 Å². The maximum Gasteiger partial charge on any atom is 0.252 e. The van der Waals surface area contributed by atoms with Crippen LogP contribution in [0, 0.1) is 12.7 Å². The van der Waals surface area contributed by atoms with E-state index in [-0.39, 0.29) is 28.7 Å². The van der Waals surface area contributed by atoms with Crippen molar-refractivity contribution in [3.63, 3.8) is 0 Å². The summed E-state index contributed by atoms with van der Waals surface area (Å²) in [6.07, 6.45) is 0.244. The molecule has 29 heavy (non-hydrogen) atoms. The summed E-state index contributed by atoms with van der Waals surface area (Å²) in [7, 11) is 1.49. The van der Waals surface area contributed by atoms with Crippen molar-refractivity contribution in [1.29, 1.82) is 0 Å². The van der Waals surface area contributed by atoms with Gasteiger partial charge >= 0.3 is 0 Å². The first-order valence-corrected chi connectivity index (χ1v) is 9.08. The first kappa shape index (κ1) is 20.4. The van der Waals surface area contributed by atoms with Crippen molar-refractivity contribution in [2.75, 3.05) is 12.4 Å². The van der Waals surface area contributed by atoms with Gasteiger partial charge in [-0.25, -0.2) is 9.07 Å². The van der Waals surface area contributed by atoms with Gasteiger partial charge in [0, 0.05) is 19.2 Å². The largest absolute Gasteiger partial charge is 0.355 e. The minimum absolute atomic E-state index is 0.237. The number of anilines is 1. The molecule has 0 radical (unpaired) electrons. The molecule has 8 nitrogen and oxygen atoms in total. The fraction of sp³-hybridized carbons (Fsp3) is 0.211. The predicted molar refractivity (Wildman–Crippen MR) is 105 cm³/mol. The molecule has 3 rings (SSSR count). The summed E-state index contributed by atoms with van der Waals surface area (Å²) in [4.78, 5) is 25.0. The van der Waals surface area contributed by atoms with Crippen LogP contribution in [0.1, 0.15) is 27.8 Å². The van der Waals surface area contributed by atoms with Gasteiger partial charge in [0.1, 0.15) is 17.7 Å². The Balaban J connectivity index is 1.88. The molecule has 1 heterocycles. The third kappa shape index (κ3) is 4.75. The van der Waals surface area contributed by atoms with E-state index < -0.39 is 11.9 Å². The van der Waals surface area contributed by atoms with Crippen molar-refractivity contribution in [3.8, 4) is 0 Å². The van der Waals surface area contributed by atoms with Crippen LogP contribution in [-0.4, -0.2) is 39.1 Å². The number of aryl methyl sites for hydroxylation is 1. The van der Waals surface area contributed by atoms with E-state index in [0.29, 0.717) is 11.5 Å². The van der Waals surface area contributed by atoms with E-state index in [0.717, 1.165) is 5.56 Å². The lowest BCUT2D eigenvalue weighted by Gasteiger charge is -2.18. The van der Waals surface area contributed by atoms with Crippen molar-refractivity contribution in [2.24, 2.45) is 0 Å². The van der Waals surface area contributed by atoms with Crippen molar-refractivity contribution in [3.05, 3.63) is 70.3 Å². The average Bonchev–Trinajstić information content (AvgIpc) is 3.13. The normalized spacial score (nSPS) is 11.7. The summed E-state index contributed by atoms with van der Waals surface area (Å²) in [6.45, 7) is 1.68. The summed E-state index contributed by atoms with van der Waals surface area (Å²) in [5.41, 5.74) is 1.37. The lowest BCUT2D eigenvalue weighted by atomic mass is 10.0. The first-order valence-electron chi connectivity index (χ1n) is 8.70. The van der Waals surface area contributed by atoms with Crippen molar-refractivity contribution in [2.45, 2.75) is 19.4 Å². The predicted octanol–water partition coefficient (Wildman–Crippen LogP) is 2.56. The molecule has 1 aromatic heterocycles. The minimum Gasteiger partial charge on any atom is -0.355 e. The first-order chi connectivity index (χ1) is 13.9. The van der Waals surface area contributed by atoms with Crippen LogP contribution in [0.2, 0.25) is 5.02 Å². The number of amides is 2. The fourth-order valence-corrected chi connectivity index (χ4v) is 3.00. The highest BCUT2D eigenvalue weighted by atomic mass is 35.5. The van der Waals surface area contributed by atoms with Gasteiger partial charge in [-0.1, -0.05) is 23.7 Å². The smallest absolute Gasteiger partial charge is 0.252 e. The number of rotatable bonds is 6. The Labute approximate surface area is 171 Å². The van der Waals surface area contributed by atoms with Gasteiger partial charge in [-0.05, 0) is 53.2 Å². The molecule has 1 atom stereocenters. The van der Waals surface area contributed by atoms with Crippen LogP contribution < -0.4 is 10.6 Å². The second-order valence-electron chi connectivity index (χ2n) is 6.28. The molecule has 10 heteroatoms. The van der Waals surface area contributed by atoms with Gasteiger partial charge < -0.3 is 10.6 Å². The lowest BCUT2D eigenvalue weighted by molar-refractivity contribution is -0.119. The van der Waals surface area contributed by atoms with Crippen molar-refractivity contribution >= 4 is 29.1 Å². The third-order valence-corrected chi connectivity index (χ3v) is 4.63. The maximum absolute atomic E-state index is 13.2. The summed E-state index contributed by atoms with van der Waals surface area (Å²) in [6, 6.07) is 9.67. The van der Waals surface area contributed by atoms with Crippen LogP contribution in [0.3, 0.4) is 0 Å². The standard InChI is InChI=1S/C19H18ClFN6O2/c1-11-24-25-26-27(11)17(9-12-3-5-13(21)6-4-12)19(29)23-14-7-8-16(20)15(10-14)18(28)22-2/h3-8,10,17H,9H2,1-2H3,(H,22,28)(H,23,29). The molecule has 0 spiro atoms. The van der Waals surface area contributed by atoms with E-state index in [4.69, 9.17) is 11.6 Å². The van der Waals surface area contributed by atoms with Crippen LogP contribution in [-0.2, 0) is 11.2 Å². The minimum atomic E-state index is -0.783. The molecule has 0 aliphatic heterocycles. The number of hydrogen-bond donors (Lipinski definition) is 2. The highest BCUT2D eigenvalue weighted by Gasteiger charge is 2.25. The molecule has 3 aromatic rings. The Hall–Kier alpha value is -3.33. The molecular weight excluding hydrogens is 399 g/mol. The molecule has 0 saturated heterocycles. The van der Waals surface area contributed by atoms with Gasteiger partial charge in [-0.3, -0.25) is 9.59 Å². The number of carbonyl (C=O) groups is 2. The highest BCUT2D eigenvalue weighted by Crippen LogP contribution is 2.23. The Morgan fingerprint density at radius 3 is 2.55 bits per heavy atom. The number of nitrogens with zero attached hydrogens (tertiary/aromatic N) is 4. The number of hydrogen-bond acceptors (Lipinski definition) is 5. The van der Waals surface area contributed by atoms with Crippen LogP contribution in [0.15, 0.2) is 42.5 Å². The van der Waals surface area contributed by atoms with E-state index >= 15 is 0 Å². The van der Waals surface area contributed by atoms with Crippen LogP contribution >= 0.6 is 11.6 Å². The van der Waals surface area contributed by atoms with Crippen LogP contribution in [0.25, 0.3) is 0 Å². The summed E-state index contributed by atoms with van der Waals surface area (Å²) < 4.78 is 14.6. The summed E-state index contributed by atoms with van der Waals surface area (Å²) in [5, 5.41) is 16.9. The molecule has 0 saturated carbocycles. The zero-order valence-electron chi connectivity index (χ0n) is 15.7. The van der Waals surface area contributed by atoms with Gasteiger partial charge in [-0.2, -0.15) is 0 Å². The quantitative estimate of drug-likeness (QED) is 0.643. The average molecular weight is 417 g/mol. The Bertz CT molecular complexity index is 1040. The zero-order chi connectivity index (χ0) is 21.0.